The quantitative estimate of drug-likeness (QED) is 0.627. The molecule has 0 unspecified atom stereocenters. The maximum Gasteiger partial charge on any atom is 0.128 e. The SMILES string of the molecule is CCOCCN(C)Cc1ccc(C#CCO)cc1F. The lowest BCUT2D eigenvalue weighted by molar-refractivity contribution is 0.120. The number of halogens is 1. The van der Waals surface area contributed by atoms with Crippen LogP contribution in [0.15, 0.2) is 18.2 Å². The molecule has 0 aliphatic carbocycles. The minimum atomic E-state index is -0.270. The third kappa shape index (κ3) is 5.84. The number of hydrogen-bond donors (Lipinski definition) is 1. The van der Waals surface area contributed by atoms with Crippen molar-refractivity contribution in [2.45, 2.75) is 13.5 Å². The number of aliphatic hydroxyl groups excluding tert-OH is 1. The van der Waals surface area contributed by atoms with Crippen LogP contribution in [0.2, 0.25) is 0 Å². The summed E-state index contributed by atoms with van der Waals surface area (Å²) in [6.07, 6.45) is 0. The number of likely N-dealkylation sites (N-methyl/N-ethyl adjacent to an activating group) is 1. The molecule has 0 aromatic heterocycles. The molecule has 3 nitrogen and oxygen atoms in total. The molecule has 0 atom stereocenters. The van der Waals surface area contributed by atoms with Gasteiger partial charge < -0.3 is 9.84 Å². The molecule has 0 spiro atoms. The summed E-state index contributed by atoms with van der Waals surface area (Å²) in [4.78, 5) is 2.01. The van der Waals surface area contributed by atoms with Crippen molar-refractivity contribution >= 4 is 0 Å². The predicted molar refractivity (Wildman–Crippen MR) is 73.2 cm³/mol. The average Bonchev–Trinajstić information content (AvgIpc) is 2.39. The van der Waals surface area contributed by atoms with Crippen LogP contribution in [-0.2, 0) is 11.3 Å². The van der Waals surface area contributed by atoms with Gasteiger partial charge in [-0.15, -0.1) is 0 Å². The van der Waals surface area contributed by atoms with E-state index < -0.39 is 0 Å². The predicted octanol–water partition coefficient (Wildman–Crippen LogP) is 1.64. The van der Waals surface area contributed by atoms with E-state index in [1.165, 1.54) is 6.07 Å². The monoisotopic (exact) mass is 265 g/mol. The van der Waals surface area contributed by atoms with Gasteiger partial charge >= 0.3 is 0 Å². The third-order valence-electron chi connectivity index (χ3n) is 2.63. The Morgan fingerprint density at radius 2 is 2.21 bits per heavy atom. The summed E-state index contributed by atoms with van der Waals surface area (Å²) in [7, 11) is 1.93. The summed E-state index contributed by atoms with van der Waals surface area (Å²) in [5.74, 6) is 4.91. The molecule has 19 heavy (non-hydrogen) atoms. The van der Waals surface area contributed by atoms with E-state index in [2.05, 4.69) is 11.8 Å². The normalized spacial score (nSPS) is 10.4. The summed E-state index contributed by atoms with van der Waals surface area (Å²) in [6.45, 7) is 4.37. The van der Waals surface area contributed by atoms with Crippen LogP contribution in [0.25, 0.3) is 0 Å². The fraction of sp³-hybridized carbons (Fsp3) is 0.467. The highest BCUT2D eigenvalue weighted by Crippen LogP contribution is 2.11. The Morgan fingerprint density at radius 1 is 1.42 bits per heavy atom. The molecule has 0 bridgehead atoms. The molecule has 0 aliphatic heterocycles. The van der Waals surface area contributed by atoms with Crippen LogP contribution in [0, 0.1) is 17.7 Å². The second-order valence-electron chi connectivity index (χ2n) is 4.20. The molecule has 0 radical (unpaired) electrons. The summed E-state index contributed by atoms with van der Waals surface area (Å²) in [5.41, 5.74) is 1.21. The summed E-state index contributed by atoms with van der Waals surface area (Å²) in [5, 5.41) is 8.59. The van der Waals surface area contributed by atoms with Crippen LogP contribution in [0.4, 0.5) is 4.39 Å². The molecule has 104 valence electrons. The summed E-state index contributed by atoms with van der Waals surface area (Å²) >= 11 is 0. The van der Waals surface area contributed by atoms with Gasteiger partial charge in [0, 0.05) is 30.8 Å². The van der Waals surface area contributed by atoms with E-state index in [0.29, 0.717) is 30.9 Å². The van der Waals surface area contributed by atoms with Gasteiger partial charge in [0.2, 0.25) is 0 Å². The second kappa shape index (κ2) is 8.65. The van der Waals surface area contributed by atoms with Gasteiger partial charge in [0.1, 0.15) is 12.4 Å². The maximum atomic E-state index is 13.8. The highest BCUT2D eigenvalue weighted by atomic mass is 19.1. The van der Waals surface area contributed by atoms with Crippen molar-refractivity contribution in [1.82, 2.24) is 4.90 Å². The van der Waals surface area contributed by atoms with E-state index in [0.717, 1.165) is 6.54 Å². The van der Waals surface area contributed by atoms with Crippen molar-refractivity contribution < 1.29 is 14.2 Å². The van der Waals surface area contributed by atoms with E-state index >= 15 is 0 Å². The number of ether oxygens (including phenoxy) is 1. The van der Waals surface area contributed by atoms with E-state index in [-0.39, 0.29) is 12.4 Å². The van der Waals surface area contributed by atoms with Crippen LogP contribution < -0.4 is 0 Å². The molecule has 1 N–H and O–H groups in total. The standard InChI is InChI=1S/C15H20FNO2/c1-3-19-10-8-17(2)12-14-7-6-13(5-4-9-18)11-15(14)16/h6-7,11,18H,3,8-10,12H2,1-2H3. The van der Waals surface area contributed by atoms with Gasteiger partial charge in [0.25, 0.3) is 0 Å². The van der Waals surface area contributed by atoms with Gasteiger partial charge in [0.15, 0.2) is 0 Å². The Bertz CT molecular complexity index is 451. The van der Waals surface area contributed by atoms with Crippen LogP contribution in [0.3, 0.4) is 0 Å². The first kappa shape index (κ1) is 15.6. The van der Waals surface area contributed by atoms with Gasteiger partial charge in [0.05, 0.1) is 6.61 Å². The van der Waals surface area contributed by atoms with Gasteiger partial charge in [-0.05, 0) is 26.1 Å². The molecule has 1 rings (SSSR count). The van der Waals surface area contributed by atoms with E-state index in [9.17, 15) is 4.39 Å². The first-order valence-corrected chi connectivity index (χ1v) is 6.31. The first-order chi connectivity index (χ1) is 9.17. The Balaban J connectivity index is 2.59. The zero-order valence-electron chi connectivity index (χ0n) is 11.4. The number of aliphatic hydroxyl groups is 1. The van der Waals surface area contributed by atoms with Crippen LogP contribution in [0.1, 0.15) is 18.1 Å². The molecule has 0 fully saturated rings. The molecule has 0 amide bonds. The number of hydrogen-bond acceptors (Lipinski definition) is 3. The Labute approximate surface area is 114 Å². The third-order valence-corrected chi connectivity index (χ3v) is 2.63. The van der Waals surface area contributed by atoms with Gasteiger partial charge in [-0.25, -0.2) is 4.39 Å². The van der Waals surface area contributed by atoms with Crippen molar-refractivity contribution in [3.05, 3.63) is 35.1 Å². The largest absolute Gasteiger partial charge is 0.384 e. The van der Waals surface area contributed by atoms with Crippen molar-refractivity contribution in [2.24, 2.45) is 0 Å². The molecule has 0 aliphatic rings. The lowest BCUT2D eigenvalue weighted by Gasteiger charge is -2.16. The highest BCUT2D eigenvalue weighted by molar-refractivity contribution is 5.37. The Morgan fingerprint density at radius 3 is 2.84 bits per heavy atom. The molecule has 0 saturated heterocycles. The molecule has 0 saturated carbocycles. The summed E-state index contributed by atoms with van der Waals surface area (Å²) in [6, 6.07) is 4.89. The second-order valence-corrected chi connectivity index (χ2v) is 4.20. The zero-order valence-corrected chi connectivity index (χ0v) is 11.4. The van der Waals surface area contributed by atoms with Crippen molar-refractivity contribution in [3.8, 4) is 11.8 Å². The van der Waals surface area contributed by atoms with E-state index in [1.807, 2.05) is 18.9 Å². The van der Waals surface area contributed by atoms with Crippen molar-refractivity contribution in [2.75, 3.05) is 33.4 Å². The van der Waals surface area contributed by atoms with Gasteiger partial charge in [-0.1, -0.05) is 17.9 Å². The number of rotatable bonds is 6. The summed E-state index contributed by atoms with van der Waals surface area (Å²) < 4.78 is 19.1. The molecule has 0 heterocycles. The topological polar surface area (TPSA) is 32.7 Å². The number of nitrogens with zero attached hydrogens (tertiary/aromatic N) is 1. The van der Waals surface area contributed by atoms with Crippen molar-refractivity contribution in [3.63, 3.8) is 0 Å². The van der Waals surface area contributed by atoms with Crippen LogP contribution in [0.5, 0.6) is 0 Å². The molecular weight excluding hydrogens is 245 g/mol. The van der Waals surface area contributed by atoms with Gasteiger partial charge in [-0.3, -0.25) is 4.90 Å². The lowest BCUT2D eigenvalue weighted by atomic mass is 10.1. The minimum absolute atomic E-state index is 0.219. The molecule has 4 heteroatoms. The maximum absolute atomic E-state index is 13.8. The van der Waals surface area contributed by atoms with Crippen LogP contribution >= 0.6 is 0 Å². The van der Waals surface area contributed by atoms with Gasteiger partial charge in [-0.2, -0.15) is 0 Å². The molecule has 1 aromatic carbocycles. The lowest BCUT2D eigenvalue weighted by Crippen LogP contribution is -2.23. The highest BCUT2D eigenvalue weighted by Gasteiger charge is 2.06. The van der Waals surface area contributed by atoms with Crippen molar-refractivity contribution in [1.29, 1.82) is 0 Å². The number of benzene rings is 1. The molecule has 1 aromatic rings. The minimum Gasteiger partial charge on any atom is -0.384 e. The van der Waals surface area contributed by atoms with Crippen LogP contribution in [-0.4, -0.2) is 43.4 Å². The first-order valence-electron chi connectivity index (χ1n) is 6.31. The van der Waals surface area contributed by atoms with E-state index in [4.69, 9.17) is 9.84 Å². The molecular formula is C15H20FNO2. The zero-order chi connectivity index (χ0) is 14.1. The Kier molecular flexibility index (Phi) is 7.12. The fourth-order valence-electron chi connectivity index (χ4n) is 1.63. The fourth-order valence-corrected chi connectivity index (χ4v) is 1.63. The van der Waals surface area contributed by atoms with E-state index in [1.54, 1.807) is 12.1 Å². The Hall–Kier alpha value is -1.41. The average molecular weight is 265 g/mol. The smallest absolute Gasteiger partial charge is 0.128 e.